The molecule has 0 saturated heterocycles. The van der Waals surface area contributed by atoms with E-state index in [0.717, 1.165) is 44.9 Å². The Labute approximate surface area is 286 Å². The molecule has 9 aromatic rings. The van der Waals surface area contributed by atoms with E-state index in [2.05, 4.69) is 182 Å². The summed E-state index contributed by atoms with van der Waals surface area (Å²) >= 11 is 0. The standard InChI is InChI=1S/C47H33NO/c1-32-41-17-8-10-21-46(41)49-47(32)38-15-11-16-40(31-38)48(45-20-9-7-19-44(45)34-12-3-2-4-13-34)39-27-24-33(25-28-39)36-26-29-43-37(30-36)23-22-35-14-5-6-18-42(35)43/h2-31H,1H3. The van der Waals surface area contributed by atoms with E-state index in [0.29, 0.717) is 0 Å². The Morgan fingerprint density at radius 2 is 1.08 bits per heavy atom. The molecular formula is C47H33NO. The molecule has 0 fully saturated rings. The molecule has 1 aromatic heterocycles. The summed E-state index contributed by atoms with van der Waals surface area (Å²) in [4.78, 5) is 2.36. The Kier molecular flexibility index (Phi) is 7.06. The van der Waals surface area contributed by atoms with E-state index in [1.165, 1.54) is 43.8 Å². The number of hydrogen-bond acceptors (Lipinski definition) is 2. The summed E-state index contributed by atoms with van der Waals surface area (Å²) in [5, 5.41) is 6.22. The molecule has 0 spiro atoms. The molecule has 0 atom stereocenters. The van der Waals surface area contributed by atoms with Gasteiger partial charge in [-0.3, -0.25) is 0 Å². The fraction of sp³-hybridized carbons (Fsp3) is 0.0213. The largest absolute Gasteiger partial charge is 0.456 e. The van der Waals surface area contributed by atoms with E-state index in [4.69, 9.17) is 4.42 Å². The highest BCUT2D eigenvalue weighted by atomic mass is 16.3. The minimum atomic E-state index is 0.902. The summed E-state index contributed by atoms with van der Waals surface area (Å²) in [5.41, 5.74) is 11.1. The van der Waals surface area contributed by atoms with Crippen LogP contribution in [-0.2, 0) is 0 Å². The van der Waals surface area contributed by atoms with Crippen molar-refractivity contribution in [3.8, 4) is 33.6 Å². The lowest BCUT2D eigenvalue weighted by molar-refractivity contribution is 0.629. The number of nitrogens with zero attached hydrogens (tertiary/aromatic N) is 1. The van der Waals surface area contributed by atoms with Gasteiger partial charge >= 0.3 is 0 Å². The van der Waals surface area contributed by atoms with Crippen LogP contribution in [0.2, 0.25) is 0 Å². The van der Waals surface area contributed by atoms with Crippen LogP contribution in [0.3, 0.4) is 0 Å². The van der Waals surface area contributed by atoms with Crippen molar-refractivity contribution in [3.05, 3.63) is 188 Å². The molecule has 2 nitrogen and oxygen atoms in total. The number of fused-ring (bicyclic) bond motifs is 4. The van der Waals surface area contributed by atoms with Crippen LogP contribution in [0.25, 0.3) is 66.1 Å². The fourth-order valence-electron chi connectivity index (χ4n) is 7.19. The van der Waals surface area contributed by atoms with E-state index < -0.39 is 0 Å². The zero-order chi connectivity index (χ0) is 32.7. The summed E-state index contributed by atoms with van der Waals surface area (Å²) in [6.45, 7) is 2.14. The third-order valence-electron chi connectivity index (χ3n) is 9.64. The Balaban J connectivity index is 1.17. The van der Waals surface area contributed by atoms with Crippen molar-refractivity contribution in [1.82, 2.24) is 0 Å². The molecule has 0 aliphatic heterocycles. The lowest BCUT2D eigenvalue weighted by Crippen LogP contribution is -2.11. The summed E-state index contributed by atoms with van der Waals surface area (Å²) in [5.74, 6) is 0.902. The van der Waals surface area contributed by atoms with Gasteiger partial charge < -0.3 is 9.32 Å². The molecule has 0 saturated carbocycles. The highest BCUT2D eigenvalue weighted by Gasteiger charge is 2.19. The van der Waals surface area contributed by atoms with Crippen LogP contribution in [0.1, 0.15) is 5.56 Å². The Morgan fingerprint density at radius 1 is 0.408 bits per heavy atom. The predicted octanol–water partition coefficient (Wildman–Crippen LogP) is 13.5. The lowest BCUT2D eigenvalue weighted by Gasteiger charge is -2.28. The molecule has 0 radical (unpaired) electrons. The number of aryl methyl sites for hydroxylation is 1. The smallest absolute Gasteiger partial charge is 0.138 e. The summed E-state index contributed by atoms with van der Waals surface area (Å²) in [6.07, 6.45) is 0. The maximum atomic E-state index is 6.42. The average Bonchev–Trinajstić information content (AvgIpc) is 3.51. The average molecular weight is 628 g/mol. The zero-order valence-corrected chi connectivity index (χ0v) is 27.2. The number of hydrogen-bond donors (Lipinski definition) is 0. The summed E-state index contributed by atoms with van der Waals surface area (Å²) in [7, 11) is 0. The SMILES string of the molecule is Cc1c(-c2cccc(N(c3ccc(-c4ccc5c(ccc6ccccc65)c4)cc3)c3ccccc3-c3ccccc3)c2)oc2ccccc12. The van der Waals surface area contributed by atoms with E-state index in [1.54, 1.807) is 0 Å². The maximum absolute atomic E-state index is 6.42. The number of furan rings is 1. The minimum Gasteiger partial charge on any atom is -0.456 e. The van der Waals surface area contributed by atoms with Gasteiger partial charge in [0.05, 0.1) is 5.69 Å². The van der Waals surface area contributed by atoms with Crippen LogP contribution < -0.4 is 4.90 Å². The number of para-hydroxylation sites is 2. The maximum Gasteiger partial charge on any atom is 0.138 e. The van der Waals surface area contributed by atoms with Gasteiger partial charge in [-0.1, -0.05) is 140 Å². The summed E-state index contributed by atoms with van der Waals surface area (Å²) < 4.78 is 6.42. The molecule has 9 rings (SSSR count). The van der Waals surface area contributed by atoms with Crippen LogP contribution in [0, 0.1) is 6.92 Å². The second kappa shape index (κ2) is 12.0. The fourth-order valence-corrected chi connectivity index (χ4v) is 7.19. The van der Waals surface area contributed by atoms with Gasteiger partial charge in [0, 0.05) is 33.5 Å². The van der Waals surface area contributed by atoms with Crippen LogP contribution in [0.4, 0.5) is 17.1 Å². The normalized spacial score (nSPS) is 11.4. The molecule has 0 amide bonds. The molecular weight excluding hydrogens is 595 g/mol. The van der Waals surface area contributed by atoms with Gasteiger partial charge in [-0.25, -0.2) is 0 Å². The Bertz CT molecular complexity index is 2610. The van der Waals surface area contributed by atoms with Gasteiger partial charge in [-0.15, -0.1) is 0 Å². The monoisotopic (exact) mass is 627 g/mol. The number of benzene rings is 8. The number of rotatable bonds is 6. The van der Waals surface area contributed by atoms with Crippen molar-refractivity contribution in [3.63, 3.8) is 0 Å². The van der Waals surface area contributed by atoms with Gasteiger partial charge in [0.2, 0.25) is 0 Å². The lowest BCUT2D eigenvalue weighted by atomic mass is 9.97. The van der Waals surface area contributed by atoms with Crippen LogP contribution >= 0.6 is 0 Å². The van der Waals surface area contributed by atoms with E-state index in [-0.39, 0.29) is 0 Å². The van der Waals surface area contributed by atoms with Crippen molar-refractivity contribution in [2.45, 2.75) is 6.92 Å². The quantitative estimate of drug-likeness (QED) is 0.171. The van der Waals surface area contributed by atoms with Crippen molar-refractivity contribution in [1.29, 1.82) is 0 Å². The van der Waals surface area contributed by atoms with Crippen molar-refractivity contribution in [2.24, 2.45) is 0 Å². The van der Waals surface area contributed by atoms with Crippen molar-refractivity contribution in [2.75, 3.05) is 4.90 Å². The first-order valence-electron chi connectivity index (χ1n) is 16.8. The first-order chi connectivity index (χ1) is 24.2. The molecule has 2 heteroatoms. The molecule has 8 aromatic carbocycles. The van der Waals surface area contributed by atoms with Crippen molar-refractivity contribution < 1.29 is 4.42 Å². The topological polar surface area (TPSA) is 16.4 Å². The molecule has 0 N–H and O–H groups in total. The van der Waals surface area contributed by atoms with Crippen LogP contribution in [-0.4, -0.2) is 0 Å². The molecule has 0 unspecified atom stereocenters. The molecule has 0 bridgehead atoms. The minimum absolute atomic E-state index is 0.902. The third-order valence-corrected chi connectivity index (χ3v) is 9.64. The molecule has 49 heavy (non-hydrogen) atoms. The van der Waals surface area contributed by atoms with Gasteiger partial charge in [0.1, 0.15) is 11.3 Å². The summed E-state index contributed by atoms with van der Waals surface area (Å²) in [6, 6.07) is 65.0. The van der Waals surface area contributed by atoms with Gasteiger partial charge in [0.25, 0.3) is 0 Å². The van der Waals surface area contributed by atoms with E-state index in [9.17, 15) is 0 Å². The predicted molar refractivity (Wildman–Crippen MR) is 207 cm³/mol. The zero-order valence-electron chi connectivity index (χ0n) is 27.2. The van der Waals surface area contributed by atoms with Crippen LogP contribution in [0.5, 0.6) is 0 Å². The molecule has 1 heterocycles. The second-order valence-electron chi connectivity index (χ2n) is 12.6. The third kappa shape index (κ3) is 5.15. The molecule has 232 valence electrons. The highest BCUT2D eigenvalue weighted by molar-refractivity contribution is 6.08. The van der Waals surface area contributed by atoms with Crippen LogP contribution in [0.15, 0.2) is 186 Å². The highest BCUT2D eigenvalue weighted by Crippen LogP contribution is 2.43. The Hall–Kier alpha value is -6.38. The second-order valence-corrected chi connectivity index (χ2v) is 12.6. The first-order valence-corrected chi connectivity index (χ1v) is 16.8. The van der Waals surface area contributed by atoms with Gasteiger partial charge in [0.15, 0.2) is 0 Å². The van der Waals surface area contributed by atoms with E-state index in [1.807, 2.05) is 12.1 Å². The van der Waals surface area contributed by atoms with Crippen molar-refractivity contribution >= 4 is 49.6 Å². The Morgan fingerprint density at radius 3 is 1.94 bits per heavy atom. The number of anilines is 3. The first kappa shape index (κ1) is 28.8. The molecule has 0 aliphatic carbocycles. The molecule has 0 aliphatic rings. The van der Waals surface area contributed by atoms with E-state index >= 15 is 0 Å². The van der Waals surface area contributed by atoms with Gasteiger partial charge in [-0.2, -0.15) is 0 Å². The van der Waals surface area contributed by atoms with Gasteiger partial charge in [-0.05, 0) is 87.6 Å².